The maximum atomic E-state index is 13.0. The molecule has 32 heavy (non-hydrogen) atoms. The van der Waals surface area contributed by atoms with Gasteiger partial charge in [0.2, 0.25) is 0 Å². The average Bonchev–Trinajstić information content (AvgIpc) is 2.76. The predicted molar refractivity (Wildman–Crippen MR) is 120 cm³/mol. The Morgan fingerprint density at radius 3 is 2.47 bits per heavy atom. The van der Waals surface area contributed by atoms with Crippen LogP contribution in [0.15, 0.2) is 65.8 Å². The zero-order valence-corrected chi connectivity index (χ0v) is 18.3. The third-order valence-corrected chi connectivity index (χ3v) is 4.66. The molecule has 164 valence electrons. The van der Waals surface area contributed by atoms with Crippen LogP contribution in [-0.4, -0.2) is 24.7 Å². The van der Waals surface area contributed by atoms with Gasteiger partial charge in [-0.05, 0) is 73.2 Å². The lowest BCUT2D eigenvalue weighted by Gasteiger charge is -2.12. The van der Waals surface area contributed by atoms with Crippen molar-refractivity contribution in [2.24, 2.45) is 5.10 Å². The van der Waals surface area contributed by atoms with E-state index >= 15 is 0 Å². The molecule has 0 spiro atoms. The molecular formula is C23H17Cl2FN2O4. The largest absolute Gasteiger partial charge is 0.490 e. The van der Waals surface area contributed by atoms with Crippen LogP contribution < -0.4 is 14.9 Å². The van der Waals surface area contributed by atoms with Crippen LogP contribution in [0.1, 0.15) is 33.2 Å². The number of hydrogen-bond acceptors (Lipinski definition) is 5. The van der Waals surface area contributed by atoms with Gasteiger partial charge in [-0.3, -0.25) is 4.79 Å². The third kappa shape index (κ3) is 6.06. The van der Waals surface area contributed by atoms with Gasteiger partial charge in [0.15, 0.2) is 11.5 Å². The molecule has 0 heterocycles. The van der Waals surface area contributed by atoms with Gasteiger partial charge in [-0.15, -0.1) is 0 Å². The molecule has 0 bridgehead atoms. The van der Waals surface area contributed by atoms with Gasteiger partial charge in [-0.1, -0.05) is 23.2 Å². The van der Waals surface area contributed by atoms with Crippen LogP contribution in [0.2, 0.25) is 10.0 Å². The summed E-state index contributed by atoms with van der Waals surface area (Å²) in [5.41, 5.74) is 3.36. The Morgan fingerprint density at radius 2 is 1.78 bits per heavy atom. The van der Waals surface area contributed by atoms with Gasteiger partial charge in [-0.2, -0.15) is 5.10 Å². The number of nitrogens with one attached hydrogen (secondary N) is 1. The van der Waals surface area contributed by atoms with Crippen molar-refractivity contribution >= 4 is 41.3 Å². The van der Waals surface area contributed by atoms with E-state index in [1.54, 1.807) is 19.1 Å². The van der Waals surface area contributed by atoms with Crippen molar-refractivity contribution in [3.8, 4) is 11.5 Å². The van der Waals surface area contributed by atoms with Crippen LogP contribution in [0.3, 0.4) is 0 Å². The summed E-state index contributed by atoms with van der Waals surface area (Å²) in [5.74, 6) is -1.10. The second-order valence-corrected chi connectivity index (χ2v) is 7.20. The van der Waals surface area contributed by atoms with Gasteiger partial charge in [0, 0.05) is 10.6 Å². The molecule has 0 atom stereocenters. The van der Waals surface area contributed by atoms with Gasteiger partial charge in [0.1, 0.15) is 5.82 Å². The van der Waals surface area contributed by atoms with Gasteiger partial charge in [0.25, 0.3) is 5.91 Å². The molecule has 0 unspecified atom stereocenters. The lowest BCUT2D eigenvalue weighted by atomic mass is 10.2. The molecule has 3 aromatic carbocycles. The minimum atomic E-state index is -0.666. The van der Waals surface area contributed by atoms with Crippen LogP contribution in [0.4, 0.5) is 4.39 Å². The molecular weight excluding hydrogens is 458 g/mol. The minimum absolute atomic E-state index is 0.160. The number of rotatable bonds is 7. The first kappa shape index (κ1) is 23.2. The predicted octanol–water partition coefficient (Wildman–Crippen LogP) is 5.51. The number of halogens is 3. The first-order valence-electron chi connectivity index (χ1n) is 9.40. The number of carbonyl (C=O) groups is 2. The smallest absolute Gasteiger partial charge is 0.345 e. The van der Waals surface area contributed by atoms with Crippen molar-refractivity contribution < 1.29 is 23.5 Å². The molecule has 9 heteroatoms. The van der Waals surface area contributed by atoms with E-state index in [-0.39, 0.29) is 21.9 Å². The lowest BCUT2D eigenvalue weighted by molar-refractivity contribution is 0.0728. The van der Waals surface area contributed by atoms with Gasteiger partial charge >= 0.3 is 5.97 Å². The monoisotopic (exact) mass is 474 g/mol. The lowest BCUT2D eigenvalue weighted by Crippen LogP contribution is -2.17. The molecule has 3 aromatic rings. The van der Waals surface area contributed by atoms with Crippen molar-refractivity contribution in [1.82, 2.24) is 5.43 Å². The summed E-state index contributed by atoms with van der Waals surface area (Å²) in [6.45, 7) is 2.11. The Kier molecular flexibility index (Phi) is 7.81. The normalized spacial score (nSPS) is 10.8. The molecule has 0 saturated heterocycles. The minimum Gasteiger partial charge on any atom is -0.490 e. The summed E-state index contributed by atoms with van der Waals surface area (Å²) in [4.78, 5) is 24.5. The first-order valence-corrected chi connectivity index (χ1v) is 10.2. The summed E-state index contributed by atoms with van der Waals surface area (Å²) in [6.07, 6.45) is 1.39. The molecule has 0 aliphatic heterocycles. The molecule has 0 fully saturated rings. The van der Waals surface area contributed by atoms with Crippen LogP contribution in [-0.2, 0) is 0 Å². The van der Waals surface area contributed by atoms with Crippen LogP contribution in [0, 0.1) is 5.82 Å². The summed E-state index contributed by atoms with van der Waals surface area (Å²) in [7, 11) is 0. The van der Waals surface area contributed by atoms with E-state index in [9.17, 15) is 14.0 Å². The zero-order valence-electron chi connectivity index (χ0n) is 16.8. The van der Waals surface area contributed by atoms with E-state index in [1.165, 1.54) is 54.7 Å². The number of benzene rings is 3. The first-order chi connectivity index (χ1) is 15.4. The standard InChI is InChI=1S/C23H17Cl2FN2O4/c1-2-31-21-11-14(13-27-28-22(29)15-4-7-17(26)8-5-15)3-10-20(21)32-23(30)18-9-6-16(24)12-19(18)25/h3-13H,2H2,1H3,(H,28,29)/b27-13-. The van der Waals surface area contributed by atoms with E-state index in [0.717, 1.165) is 0 Å². The summed E-state index contributed by atoms with van der Waals surface area (Å²) >= 11 is 11.9. The third-order valence-electron chi connectivity index (χ3n) is 4.11. The number of hydrogen-bond donors (Lipinski definition) is 1. The molecule has 0 aliphatic rings. The molecule has 0 aliphatic carbocycles. The fourth-order valence-corrected chi connectivity index (χ4v) is 3.08. The van der Waals surface area contributed by atoms with E-state index < -0.39 is 17.7 Å². The summed E-state index contributed by atoms with van der Waals surface area (Å²) < 4.78 is 23.9. The van der Waals surface area contributed by atoms with E-state index in [4.69, 9.17) is 32.7 Å². The molecule has 6 nitrogen and oxygen atoms in total. The zero-order chi connectivity index (χ0) is 23.1. The summed E-state index contributed by atoms with van der Waals surface area (Å²) in [6, 6.07) is 14.3. The van der Waals surface area contributed by atoms with Crippen molar-refractivity contribution in [3.05, 3.63) is 93.2 Å². The quantitative estimate of drug-likeness (QED) is 0.212. The topological polar surface area (TPSA) is 77.0 Å². The van der Waals surface area contributed by atoms with Crippen LogP contribution in [0.25, 0.3) is 0 Å². The van der Waals surface area contributed by atoms with Crippen molar-refractivity contribution in [2.45, 2.75) is 6.92 Å². The van der Waals surface area contributed by atoms with Gasteiger partial charge in [-0.25, -0.2) is 14.6 Å². The highest BCUT2D eigenvalue weighted by Gasteiger charge is 2.16. The van der Waals surface area contributed by atoms with Crippen LogP contribution >= 0.6 is 23.2 Å². The number of hydrazone groups is 1. The fraction of sp³-hybridized carbons (Fsp3) is 0.0870. The van der Waals surface area contributed by atoms with Crippen LogP contribution in [0.5, 0.6) is 11.5 Å². The van der Waals surface area contributed by atoms with E-state index in [1.807, 2.05) is 0 Å². The molecule has 3 rings (SSSR count). The molecule has 1 amide bonds. The Morgan fingerprint density at radius 1 is 1.03 bits per heavy atom. The highest BCUT2D eigenvalue weighted by Crippen LogP contribution is 2.30. The second-order valence-electron chi connectivity index (χ2n) is 6.36. The SMILES string of the molecule is CCOc1cc(/C=N\NC(=O)c2ccc(F)cc2)ccc1OC(=O)c1ccc(Cl)cc1Cl. The van der Waals surface area contributed by atoms with E-state index in [2.05, 4.69) is 10.5 Å². The summed E-state index contributed by atoms with van der Waals surface area (Å²) in [5, 5.41) is 4.46. The number of ether oxygens (including phenoxy) is 2. The average molecular weight is 475 g/mol. The second kappa shape index (κ2) is 10.7. The molecule has 0 saturated carbocycles. The van der Waals surface area contributed by atoms with E-state index in [0.29, 0.717) is 22.9 Å². The fourth-order valence-electron chi connectivity index (χ4n) is 2.60. The number of amides is 1. The van der Waals surface area contributed by atoms with Crippen molar-refractivity contribution in [2.75, 3.05) is 6.61 Å². The number of nitrogens with zero attached hydrogens (tertiary/aromatic N) is 1. The Hall–Kier alpha value is -3.42. The maximum absolute atomic E-state index is 13.0. The number of carbonyl (C=O) groups excluding carboxylic acids is 2. The highest BCUT2D eigenvalue weighted by molar-refractivity contribution is 6.36. The van der Waals surface area contributed by atoms with Gasteiger partial charge in [0.05, 0.1) is 23.4 Å². The highest BCUT2D eigenvalue weighted by atomic mass is 35.5. The molecule has 1 N–H and O–H groups in total. The Bertz CT molecular complexity index is 1170. The van der Waals surface area contributed by atoms with Crippen molar-refractivity contribution in [3.63, 3.8) is 0 Å². The number of esters is 1. The Labute approximate surface area is 193 Å². The molecule has 0 radical (unpaired) electrons. The molecule has 0 aromatic heterocycles. The maximum Gasteiger partial charge on any atom is 0.345 e. The Balaban J connectivity index is 1.72. The van der Waals surface area contributed by atoms with Gasteiger partial charge < -0.3 is 9.47 Å². The van der Waals surface area contributed by atoms with Crippen molar-refractivity contribution in [1.29, 1.82) is 0 Å².